The number of nitro benzene ring substituents is 1. The minimum atomic E-state index is -1.17. The number of nitrogens with one attached hydrogen (secondary N) is 1. The SMILES string of the molecule is CC(OC(=O)/C=C/c1c(Cl)nc2sccn12)C(=O)Nc1ccccc1[N+](=O)[O-]. The van der Waals surface area contributed by atoms with Crippen LogP contribution < -0.4 is 5.32 Å². The molecule has 1 atom stereocenters. The van der Waals surface area contributed by atoms with Gasteiger partial charge in [0.05, 0.1) is 10.6 Å². The number of esters is 1. The Balaban J connectivity index is 1.64. The molecule has 0 radical (unpaired) electrons. The van der Waals surface area contributed by atoms with Crippen molar-refractivity contribution < 1.29 is 19.2 Å². The average molecular weight is 421 g/mol. The van der Waals surface area contributed by atoms with Crippen LogP contribution >= 0.6 is 22.9 Å². The molecule has 3 rings (SSSR count). The number of thiazole rings is 1. The number of benzene rings is 1. The molecule has 1 aromatic carbocycles. The summed E-state index contributed by atoms with van der Waals surface area (Å²) in [7, 11) is 0. The number of hydrogen-bond acceptors (Lipinski definition) is 7. The van der Waals surface area contributed by atoms with Crippen LogP contribution in [0.3, 0.4) is 0 Å². The summed E-state index contributed by atoms with van der Waals surface area (Å²) in [6.07, 6.45) is 3.15. The third-order valence-corrected chi connectivity index (χ3v) is 4.69. The second-order valence-electron chi connectivity index (χ2n) is 5.52. The van der Waals surface area contributed by atoms with Gasteiger partial charge in [-0.1, -0.05) is 23.7 Å². The first kappa shape index (κ1) is 19.5. The number of anilines is 1. The van der Waals surface area contributed by atoms with Crippen LogP contribution in [0.4, 0.5) is 11.4 Å². The van der Waals surface area contributed by atoms with Crippen molar-refractivity contribution in [3.63, 3.8) is 0 Å². The van der Waals surface area contributed by atoms with Gasteiger partial charge in [0.2, 0.25) is 0 Å². The van der Waals surface area contributed by atoms with Gasteiger partial charge in [0.1, 0.15) is 5.69 Å². The molecule has 9 nitrogen and oxygen atoms in total. The van der Waals surface area contributed by atoms with Crippen molar-refractivity contribution in [2.24, 2.45) is 0 Å². The molecule has 11 heteroatoms. The highest BCUT2D eigenvalue weighted by Gasteiger charge is 2.21. The van der Waals surface area contributed by atoms with E-state index >= 15 is 0 Å². The first-order valence-electron chi connectivity index (χ1n) is 7.91. The molecule has 0 saturated carbocycles. The third-order valence-electron chi connectivity index (χ3n) is 3.65. The number of nitrogens with zero attached hydrogens (tertiary/aromatic N) is 3. The number of fused-ring (bicyclic) bond motifs is 1. The maximum atomic E-state index is 12.2. The lowest BCUT2D eigenvalue weighted by molar-refractivity contribution is -0.383. The highest BCUT2D eigenvalue weighted by molar-refractivity contribution is 7.15. The summed E-state index contributed by atoms with van der Waals surface area (Å²) in [5.41, 5.74) is 0.262. The fourth-order valence-electron chi connectivity index (χ4n) is 2.31. The number of carbonyl (C=O) groups excluding carboxylic acids is 2. The van der Waals surface area contributed by atoms with Gasteiger partial charge in [-0.05, 0) is 19.1 Å². The van der Waals surface area contributed by atoms with Crippen LogP contribution in [0.25, 0.3) is 11.0 Å². The standard InChI is InChI=1S/C17H13ClN4O5S/c1-10(16(24)19-11-4-2-3-5-12(11)22(25)26)27-14(23)7-6-13-15(18)20-17-21(13)8-9-28-17/h2-10H,1H3,(H,19,24)/b7-6+. The van der Waals surface area contributed by atoms with Crippen LogP contribution in [0.2, 0.25) is 5.15 Å². The maximum Gasteiger partial charge on any atom is 0.331 e. The van der Waals surface area contributed by atoms with E-state index in [1.165, 1.54) is 42.5 Å². The summed E-state index contributed by atoms with van der Waals surface area (Å²) in [5, 5.41) is 15.4. The largest absolute Gasteiger partial charge is 0.449 e. The van der Waals surface area contributed by atoms with E-state index in [0.717, 1.165) is 6.08 Å². The molecule has 0 spiro atoms. The summed E-state index contributed by atoms with van der Waals surface area (Å²) in [5.74, 6) is -1.47. The molecule has 0 aliphatic carbocycles. The van der Waals surface area contributed by atoms with Crippen molar-refractivity contribution >= 4 is 57.2 Å². The molecule has 2 heterocycles. The predicted molar refractivity (Wildman–Crippen MR) is 104 cm³/mol. The van der Waals surface area contributed by atoms with Gasteiger partial charge in [0.25, 0.3) is 11.6 Å². The van der Waals surface area contributed by atoms with E-state index in [2.05, 4.69) is 10.3 Å². The topological polar surface area (TPSA) is 116 Å². The van der Waals surface area contributed by atoms with Gasteiger partial charge in [-0.2, -0.15) is 0 Å². The van der Waals surface area contributed by atoms with Crippen molar-refractivity contribution in [3.8, 4) is 0 Å². The number of halogens is 1. The number of hydrogen-bond donors (Lipinski definition) is 1. The average Bonchev–Trinajstić information content (AvgIpc) is 3.20. The molecule has 0 bridgehead atoms. The van der Waals surface area contributed by atoms with Gasteiger partial charge in [0, 0.05) is 23.7 Å². The van der Waals surface area contributed by atoms with Gasteiger partial charge in [0.15, 0.2) is 16.2 Å². The fourth-order valence-corrected chi connectivity index (χ4v) is 3.32. The van der Waals surface area contributed by atoms with Crippen molar-refractivity contribution in [3.05, 3.63) is 62.9 Å². The molecule has 0 aliphatic rings. The molecule has 1 unspecified atom stereocenters. The molecule has 1 amide bonds. The van der Waals surface area contributed by atoms with Crippen LogP contribution in [-0.2, 0) is 14.3 Å². The molecule has 0 saturated heterocycles. The first-order valence-corrected chi connectivity index (χ1v) is 9.16. The normalized spacial score (nSPS) is 12.2. The Morgan fingerprint density at radius 2 is 2.18 bits per heavy atom. The van der Waals surface area contributed by atoms with Crippen LogP contribution in [0.1, 0.15) is 12.6 Å². The van der Waals surface area contributed by atoms with Gasteiger partial charge in [-0.3, -0.25) is 19.3 Å². The molecule has 144 valence electrons. The number of para-hydroxylation sites is 2. The lowest BCUT2D eigenvalue weighted by Crippen LogP contribution is -2.29. The number of imidazole rings is 1. The second-order valence-corrected chi connectivity index (χ2v) is 6.75. The minimum absolute atomic E-state index is 0.0156. The first-order chi connectivity index (χ1) is 13.4. The Bertz CT molecular complexity index is 1090. The molecular weight excluding hydrogens is 408 g/mol. The molecule has 0 aliphatic heterocycles. The van der Waals surface area contributed by atoms with Crippen molar-refractivity contribution in [2.45, 2.75) is 13.0 Å². The zero-order valence-electron chi connectivity index (χ0n) is 14.4. The quantitative estimate of drug-likeness (QED) is 0.282. The van der Waals surface area contributed by atoms with E-state index in [9.17, 15) is 19.7 Å². The summed E-state index contributed by atoms with van der Waals surface area (Å²) in [4.78, 5) is 39.4. The number of nitro groups is 1. The highest BCUT2D eigenvalue weighted by Crippen LogP contribution is 2.24. The number of carbonyl (C=O) groups is 2. The molecule has 1 N–H and O–H groups in total. The van der Waals surface area contributed by atoms with E-state index in [1.54, 1.807) is 16.7 Å². The summed E-state index contributed by atoms with van der Waals surface area (Å²) in [6, 6.07) is 5.67. The Kier molecular flexibility index (Phi) is 5.71. The zero-order valence-corrected chi connectivity index (χ0v) is 15.9. The Morgan fingerprint density at radius 3 is 2.93 bits per heavy atom. The maximum absolute atomic E-state index is 12.2. The highest BCUT2D eigenvalue weighted by atomic mass is 35.5. The van der Waals surface area contributed by atoms with Crippen LogP contribution in [-0.4, -0.2) is 32.3 Å². The van der Waals surface area contributed by atoms with Crippen molar-refractivity contribution in [1.29, 1.82) is 0 Å². The monoisotopic (exact) mass is 420 g/mol. The summed E-state index contributed by atoms with van der Waals surface area (Å²) >= 11 is 7.42. The molecule has 2 aromatic heterocycles. The minimum Gasteiger partial charge on any atom is -0.449 e. The predicted octanol–water partition coefficient (Wildman–Crippen LogP) is 3.54. The van der Waals surface area contributed by atoms with Gasteiger partial charge >= 0.3 is 5.97 Å². The summed E-state index contributed by atoms with van der Waals surface area (Å²) in [6.45, 7) is 1.36. The Labute approximate surface area is 167 Å². The molecule has 3 aromatic rings. The van der Waals surface area contributed by atoms with Crippen LogP contribution in [0, 0.1) is 10.1 Å². The number of rotatable bonds is 6. The smallest absolute Gasteiger partial charge is 0.331 e. The number of aromatic nitrogens is 2. The molecular formula is C17H13ClN4O5S. The van der Waals surface area contributed by atoms with Crippen molar-refractivity contribution in [1.82, 2.24) is 9.38 Å². The lowest BCUT2D eigenvalue weighted by Gasteiger charge is -2.12. The van der Waals surface area contributed by atoms with E-state index in [0.29, 0.717) is 10.7 Å². The summed E-state index contributed by atoms with van der Waals surface area (Å²) < 4.78 is 6.75. The molecule has 28 heavy (non-hydrogen) atoms. The van der Waals surface area contributed by atoms with E-state index in [1.807, 2.05) is 5.38 Å². The lowest BCUT2D eigenvalue weighted by atomic mass is 10.2. The second kappa shape index (κ2) is 8.19. The van der Waals surface area contributed by atoms with Gasteiger partial charge in [-0.25, -0.2) is 9.78 Å². The van der Waals surface area contributed by atoms with Crippen molar-refractivity contribution in [2.75, 3.05) is 5.32 Å². The Hall–Kier alpha value is -3.24. The van der Waals surface area contributed by atoms with Crippen LogP contribution in [0.15, 0.2) is 41.9 Å². The number of amides is 1. The van der Waals surface area contributed by atoms with E-state index < -0.39 is 22.9 Å². The van der Waals surface area contributed by atoms with Gasteiger partial charge < -0.3 is 10.1 Å². The Morgan fingerprint density at radius 1 is 1.43 bits per heavy atom. The zero-order chi connectivity index (χ0) is 20.3. The van der Waals surface area contributed by atoms with E-state index in [-0.39, 0.29) is 16.5 Å². The van der Waals surface area contributed by atoms with Gasteiger partial charge in [-0.15, -0.1) is 11.3 Å². The fraction of sp³-hybridized carbons (Fsp3) is 0.118. The van der Waals surface area contributed by atoms with Crippen LogP contribution in [0.5, 0.6) is 0 Å². The third kappa shape index (κ3) is 4.18. The van der Waals surface area contributed by atoms with E-state index in [4.69, 9.17) is 16.3 Å². The molecule has 0 fully saturated rings. The number of ether oxygens (including phenoxy) is 1.